The second-order valence-corrected chi connectivity index (χ2v) is 5.82. The van der Waals surface area contributed by atoms with Crippen molar-refractivity contribution in [1.82, 2.24) is 10.7 Å². The van der Waals surface area contributed by atoms with Gasteiger partial charge in [0, 0.05) is 10.8 Å². The number of pyridine rings is 1. The first kappa shape index (κ1) is 16.1. The van der Waals surface area contributed by atoms with Gasteiger partial charge < -0.3 is 9.84 Å². The number of benzene rings is 2. The number of rotatable bonds is 3. The average Bonchev–Trinajstić information content (AvgIpc) is 2.54. The van der Waals surface area contributed by atoms with Crippen molar-refractivity contribution in [2.24, 2.45) is 0 Å². The fourth-order valence-electron chi connectivity index (χ4n) is 2.54. The van der Waals surface area contributed by atoms with E-state index in [-0.39, 0.29) is 16.6 Å². The number of fused-ring (bicyclic) bond motifs is 1. The van der Waals surface area contributed by atoms with Crippen LogP contribution in [0.5, 0.6) is 17.2 Å². The van der Waals surface area contributed by atoms with Crippen molar-refractivity contribution in [3.05, 3.63) is 58.4 Å². The molecule has 3 rings (SSSR count). The third kappa shape index (κ3) is 2.74. The summed E-state index contributed by atoms with van der Waals surface area (Å²) >= 11 is 6.10. The lowest BCUT2D eigenvalue weighted by molar-refractivity contribution is 0.0985. The summed E-state index contributed by atoms with van der Waals surface area (Å²) in [5, 5.41) is 10.9. The minimum Gasteiger partial charge on any atom is -0.505 e. The highest BCUT2D eigenvalue weighted by atomic mass is 35.5. The van der Waals surface area contributed by atoms with E-state index < -0.39 is 5.91 Å². The van der Waals surface area contributed by atoms with Gasteiger partial charge in [-0.2, -0.15) is 0 Å². The van der Waals surface area contributed by atoms with Crippen LogP contribution in [0.3, 0.4) is 0 Å². The molecule has 0 spiro atoms. The average molecular weight is 342 g/mol. The van der Waals surface area contributed by atoms with Gasteiger partial charge in [-0.1, -0.05) is 29.8 Å². The molecule has 0 bridgehead atoms. The SMILES string of the molecule is Cc1cccc(C)c1Oc1ccc2c(O)c(C([NH])=O)nc(Cl)c2c1. The molecule has 0 atom stereocenters. The van der Waals surface area contributed by atoms with E-state index in [0.717, 1.165) is 16.9 Å². The zero-order chi connectivity index (χ0) is 17.4. The van der Waals surface area contributed by atoms with Gasteiger partial charge in [0.25, 0.3) is 5.91 Å². The van der Waals surface area contributed by atoms with Crippen LogP contribution in [0.4, 0.5) is 0 Å². The first-order chi connectivity index (χ1) is 11.4. The zero-order valence-electron chi connectivity index (χ0n) is 13.1. The molecule has 0 aliphatic heterocycles. The van der Waals surface area contributed by atoms with E-state index in [2.05, 4.69) is 4.98 Å². The van der Waals surface area contributed by atoms with E-state index in [0.29, 0.717) is 16.5 Å². The topological polar surface area (TPSA) is 83.2 Å². The molecular weight excluding hydrogens is 328 g/mol. The molecular formula is C18H14ClN2O3. The van der Waals surface area contributed by atoms with Crippen molar-refractivity contribution < 1.29 is 14.6 Å². The molecule has 1 heterocycles. The molecule has 2 N–H and O–H groups in total. The molecule has 0 unspecified atom stereocenters. The summed E-state index contributed by atoms with van der Waals surface area (Å²) in [7, 11) is 0. The lowest BCUT2D eigenvalue weighted by Gasteiger charge is -2.13. The van der Waals surface area contributed by atoms with Crippen molar-refractivity contribution >= 4 is 28.3 Å². The Morgan fingerprint density at radius 3 is 2.46 bits per heavy atom. The molecule has 6 heteroatoms. The van der Waals surface area contributed by atoms with E-state index in [4.69, 9.17) is 22.1 Å². The number of ether oxygens (including phenoxy) is 1. The number of hydrogen-bond donors (Lipinski definition) is 1. The summed E-state index contributed by atoms with van der Waals surface area (Å²) < 4.78 is 5.95. The van der Waals surface area contributed by atoms with Crippen LogP contribution in [0.25, 0.3) is 10.8 Å². The molecule has 3 aromatic rings. The molecule has 1 radical (unpaired) electrons. The number of aryl methyl sites for hydroxylation is 2. The quantitative estimate of drug-likeness (QED) is 0.714. The highest BCUT2D eigenvalue weighted by molar-refractivity contribution is 6.35. The molecule has 0 fully saturated rings. The highest BCUT2D eigenvalue weighted by Gasteiger charge is 2.17. The molecule has 121 valence electrons. The summed E-state index contributed by atoms with van der Waals surface area (Å²) in [6.07, 6.45) is 0. The minimum atomic E-state index is -1.09. The predicted molar refractivity (Wildman–Crippen MR) is 91.8 cm³/mol. The molecule has 0 saturated carbocycles. The largest absolute Gasteiger partial charge is 0.505 e. The van der Waals surface area contributed by atoms with Gasteiger partial charge in [-0.15, -0.1) is 0 Å². The fraction of sp³-hybridized carbons (Fsp3) is 0.111. The van der Waals surface area contributed by atoms with Crippen molar-refractivity contribution in [2.75, 3.05) is 0 Å². The van der Waals surface area contributed by atoms with Crippen LogP contribution in [0.15, 0.2) is 36.4 Å². The molecule has 5 nitrogen and oxygen atoms in total. The number of carbonyl (C=O) groups is 1. The van der Waals surface area contributed by atoms with Crippen molar-refractivity contribution in [3.63, 3.8) is 0 Å². The van der Waals surface area contributed by atoms with Gasteiger partial charge in [-0.25, -0.2) is 4.98 Å². The number of para-hydroxylation sites is 1. The zero-order valence-corrected chi connectivity index (χ0v) is 13.8. The second kappa shape index (κ2) is 6.02. The van der Waals surface area contributed by atoms with Gasteiger partial charge in [-0.05, 0) is 43.2 Å². The summed E-state index contributed by atoms with van der Waals surface area (Å²) in [5.74, 6) is -0.156. The molecule has 1 aromatic heterocycles. The van der Waals surface area contributed by atoms with Crippen LogP contribution in [-0.4, -0.2) is 16.0 Å². The van der Waals surface area contributed by atoms with Crippen molar-refractivity contribution in [3.8, 4) is 17.2 Å². The van der Waals surface area contributed by atoms with Crippen LogP contribution in [0, 0.1) is 13.8 Å². The predicted octanol–water partition coefficient (Wildman–Crippen LogP) is 4.43. The van der Waals surface area contributed by atoms with Crippen LogP contribution < -0.4 is 10.5 Å². The molecule has 0 aliphatic carbocycles. The van der Waals surface area contributed by atoms with Gasteiger partial charge in [0.05, 0.1) is 0 Å². The number of aromatic nitrogens is 1. The number of nitrogens with zero attached hydrogens (tertiary/aromatic N) is 1. The Morgan fingerprint density at radius 1 is 1.17 bits per heavy atom. The van der Waals surface area contributed by atoms with Crippen LogP contribution in [0.1, 0.15) is 21.6 Å². The minimum absolute atomic E-state index is 0.0327. The fourth-order valence-corrected chi connectivity index (χ4v) is 2.78. The van der Waals surface area contributed by atoms with Gasteiger partial charge in [-0.3, -0.25) is 10.5 Å². The van der Waals surface area contributed by atoms with Crippen LogP contribution in [0.2, 0.25) is 5.15 Å². The summed E-state index contributed by atoms with van der Waals surface area (Å²) in [4.78, 5) is 15.0. The van der Waals surface area contributed by atoms with Crippen molar-refractivity contribution in [2.45, 2.75) is 13.8 Å². The van der Waals surface area contributed by atoms with Crippen LogP contribution in [-0.2, 0) is 0 Å². The van der Waals surface area contributed by atoms with Crippen molar-refractivity contribution in [1.29, 1.82) is 0 Å². The number of halogens is 1. The lowest BCUT2D eigenvalue weighted by atomic mass is 10.1. The molecule has 1 amide bonds. The van der Waals surface area contributed by atoms with E-state index in [1.165, 1.54) is 0 Å². The maximum absolute atomic E-state index is 11.2. The number of carbonyl (C=O) groups excluding carboxylic acids is 1. The second-order valence-electron chi connectivity index (χ2n) is 5.46. The van der Waals surface area contributed by atoms with E-state index in [1.807, 2.05) is 32.0 Å². The summed E-state index contributed by atoms with van der Waals surface area (Å²) in [6.45, 7) is 3.91. The maximum Gasteiger partial charge on any atom is 0.292 e. The molecule has 0 aliphatic rings. The molecule has 24 heavy (non-hydrogen) atoms. The first-order valence-corrected chi connectivity index (χ1v) is 7.58. The Kier molecular flexibility index (Phi) is 4.03. The van der Waals surface area contributed by atoms with E-state index in [9.17, 15) is 9.90 Å². The number of nitrogens with one attached hydrogen (secondary N) is 1. The Hall–Kier alpha value is -2.79. The lowest BCUT2D eigenvalue weighted by Crippen LogP contribution is -2.03. The number of aromatic hydroxyl groups is 1. The van der Waals surface area contributed by atoms with E-state index >= 15 is 0 Å². The molecule has 2 aromatic carbocycles. The monoisotopic (exact) mass is 341 g/mol. The highest BCUT2D eigenvalue weighted by Crippen LogP contribution is 2.36. The van der Waals surface area contributed by atoms with Gasteiger partial charge in [0.1, 0.15) is 16.7 Å². The number of hydrogen-bond acceptors (Lipinski definition) is 4. The summed E-state index contributed by atoms with van der Waals surface area (Å²) in [5.41, 5.74) is 8.75. The van der Waals surface area contributed by atoms with Gasteiger partial charge >= 0.3 is 0 Å². The van der Waals surface area contributed by atoms with E-state index in [1.54, 1.807) is 18.2 Å². The maximum atomic E-state index is 11.2. The third-order valence-electron chi connectivity index (χ3n) is 3.75. The standard InChI is InChI=1S/C18H14ClN2O3/c1-9-4-3-5-10(2)16(9)24-11-6-7-12-13(8-11)17(19)21-14(15(12)22)18(20)23/h3-8,20,22H,1-2H3. The normalized spacial score (nSPS) is 10.8. The smallest absolute Gasteiger partial charge is 0.292 e. The third-order valence-corrected chi connectivity index (χ3v) is 4.03. The Bertz CT molecular complexity index is 950. The summed E-state index contributed by atoms with van der Waals surface area (Å²) in [6, 6.07) is 10.8. The Balaban J connectivity index is 2.11. The Labute approximate surface area is 143 Å². The first-order valence-electron chi connectivity index (χ1n) is 7.20. The van der Waals surface area contributed by atoms with Crippen LogP contribution >= 0.6 is 11.6 Å². The number of amides is 1. The Morgan fingerprint density at radius 2 is 1.83 bits per heavy atom. The van der Waals surface area contributed by atoms with Gasteiger partial charge in [0.2, 0.25) is 0 Å². The molecule has 0 saturated heterocycles. The van der Waals surface area contributed by atoms with Gasteiger partial charge in [0.15, 0.2) is 11.4 Å².